The van der Waals surface area contributed by atoms with Crippen molar-refractivity contribution in [3.8, 4) is 0 Å². The van der Waals surface area contributed by atoms with Crippen LogP contribution in [0.25, 0.3) is 0 Å². The molecule has 0 saturated heterocycles. The third-order valence-corrected chi connectivity index (χ3v) is 5.28. The highest BCUT2D eigenvalue weighted by atomic mass is 32.2. The summed E-state index contributed by atoms with van der Waals surface area (Å²) in [6.45, 7) is 0. The second-order valence-electron chi connectivity index (χ2n) is 4.79. The maximum atomic E-state index is 10.8. The molecule has 96 valence electrons. The van der Waals surface area contributed by atoms with Crippen molar-refractivity contribution in [3.05, 3.63) is 24.3 Å². The number of fused-ring (bicyclic) bond motifs is 1. The number of nitrogens with zero attached hydrogens (tertiary/aromatic N) is 2. The quantitative estimate of drug-likeness (QED) is 0.829. The molecule has 1 saturated carbocycles. The van der Waals surface area contributed by atoms with E-state index < -0.39 is 0 Å². The fourth-order valence-electron chi connectivity index (χ4n) is 2.90. The minimum atomic E-state index is -0.0343. The van der Waals surface area contributed by atoms with Crippen LogP contribution in [-0.4, -0.2) is 15.7 Å². The van der Waals surface area contributed by atoms with E-state index in [1.807, 2.05) is 0 Å². The Hall–Kier alpha value is -0.810. The van der Waals surface area contributed by atoms with Crippen molar-refractivity contribution in [2.24, 2.45) is 4.36 Å². The van der Waals surface area contributed by atoms with E-state index in [0.29, 0.717) is 17.5 Å². The number of thioether (sulfide) groups is 1. The lowest BCUT2D eigenvalue weighted by Crippen LogP contribution is -2.39. The molecule has 2 aliphatic rings. The SMILES string of the molecule is O=S=NC1Sc2ccccc2N1C1CCCCC1. The van der Waals surface area contributed by atoms with E-state index in [2.05, 4.69) is 33.5 Å². The number of para-hydroxylation sites is 1. The van der Waals surface area contributed by atoms with Gasteiger partial charge in [-0.15, -0.1) is 0 Å². The first-order chi connectivity index (χ1) is 8.90. The Morgan fingerprint density at radius 2 is 2.00 bits per heavy atom. The van der Waals surface area contributed by atoms with Gasteiger partial charge in [0, 0.05) is 10.9 Å². The van der Waals surface area contributed by atoms with E-state index in [-0.39, 0.29) is 5.50 Å². The molecule has 3 nitrogen and oxygen atoms in total. The summed E-state index contributed by atoms with van der Waals surface area (Å²) in [4.78, 5) is 3.62. The van der Waals surface area contributed by atoms with Gasteiger partial charge in [-0.25, -0.2) is 0 Å². The number of benzene rings is 1. The summed E-state index contributed by atoms with van der Waals surface area (Å²) in [7, 11) is 0. The molecule has 1 aliphatic heterocycles. The molecule has 18 heavy (non-hydrogen) atoms. The summed E-state index contributed by atoms with van der Waals surface area (Å²) < 4.78 is 14.9. The molecule has 1 aromatic rings. The standard InChI is InChI=1S/C13H16N2OS2/c16-18-14-13-15(10-6-2-1-3-7-10)11-8-4-5-9-12(11)17-13/h4-5,8-10,13H,1-3,6-7H2. The number of anilines is 1. The Balaban J connectivity index is 1.93. The zero-order valence-corrected chi connectivity index (χ0v) is 11.8. The lowest BCUT2D eigenvalue weighted by atomic mass is 9.94. The zero-order valence-electron chi connectivity index (χ0n) is 10.1. The van der Waals surface area contributed by atoms with Crippen molar-refractivity contribution in [2.75, 3.05) is 4.90 Å². The Morgan fingerprint density at radius 3 is 2.78 bits per heavy atom. The van der Waals surface area contributed by atoms with Crippen molar-refractivity contribution in [1.82, 2.24) is 0 Å². The molecule has 1 heterocycles. The molecule has 1 aromatic carbocycles. The van der Waals surface area contributed by atoms with Crippen LogP contribution in [0.1, 0.15) is 32.1 Å². The Morgan fingerprint density at radius 1 is 1.22 bits per heavy atom. The molecule has 0 amide bonds. The first kappa shape index (κ1) is 12.2. The summed E-state index contributed by atoms with van der Waals surface area (Å²) in [6.07, 6.45) is 6.39. The van der Waals surface area contributed by atoms with Crippen LogP contribution in [0.5, 0.6) is 0 Å². The van der Waals surface area contributed by atoms with Crippen LogP contribution in [0.15, 0.2) is 33.5 Å². The number of rotatable bonds is 2. The molecule has 0 radical (unpaired) electrons. The third kappa shape index (κ3) is 2.21. The van der Waals surface area contributed by atoms with Crippen LogP contribution in [0, 0.1) is 0 Å². The van der Waals surface area contributed by atoms with E-state index in [4.69, 9.17) is 0 Å². The topological polar surface area (TPSA) is 32.7 Å². The van der Waals surface area contributed by atoms with Crippen molar-refractivity contribution in [1.29, 1.82) is 0 Å². The molecule has 1 atom stereocenters. The van der Waals surface area contributed by atoms with E-state index >= 15 is 0 Å². The lowest BCUT2D eigenvalue weighted by molar-refractivity contribution is 0.413. The molecular weight excluding hydrogens is 264 g/mol. The second kappa shape index (κ2) is 5.45. The maximum absolute atomic E-state index is 10.8. The van der Waals surface area contributed by atoms with Gasteiger partial charge in [0.1, 0.15) is 0 Å². The molecule has 1 aliphatic carbocycles. The fourth-order valence-corrected chi connectivity index (χ4v) is 4.44. The Kier molecular flexibility index (Phi) is 3.70. The summed E-state index contributed by atoms with van der Waals surface area (Å²) in [6, 6.07) is 8.96. The predicted molar refractivity (Wildman–Crippen MR) is 76.0 cm³/mol. The molecule has 0 aromatic heterocycles. The first-order valence-corrected chi connectivity index (χ1v) is 8.01. The minimum Gasteiger partial charge on any atom is -0.336 e. The minimum absolute atomic E-state index is 0.0343. The summed E-state index contributed by atoms with van der Waals surface area (Å²) >= 11 is 2.05. The van der Waals surface area contributed by atoms with Gasteiger partial charge >= 0.3 is 0 Å². The highest BCUT2D eigenvalue weighted by Gasteiger charge is 2.35. The first-order valence-electron chi connectivity index (χ1n) is 6.43. The average Bonchev–Trinajstić information content (AvgIpc) is 2.78. The lowest BCUT2D eigenvalue weighted by Gasteiger charge is -2.34. The zero-order chi connectivity index (χ0) is 12.4. The van der Waals surface area contributed by atoms with Crippen LogP contribution < -0.4 is 4.90 Å². The predicted octanol–water partition coefficient (Wildman–Crippen LogP) is 3.61. The van der Waals surface area contributed by atoms with Crippen LogP contribution in [-0.2, 0) is 11.5 Å². The van der Waals surface area contributed by atoms with Crippen LogP contribution in [0.4, 0.5) is 5.69 Å². The molecule has 5 heteroatoms. The fraction of sp³-hybridized carbons (Fsp3) is 0.538. The third-order valence-electron chi connectivity index (χ3n) is 3.72. The second-order valence-corrected chi connectivity index (χ2v) is 6.25. The van der Waals surface area contributed by atoms with Gasteiger partial charge in [-0.05, 0) is 25.0 Å². The van der Waals surface area contributed by atoms with Crippen LogP contribution >= 0.6 is 11.8 Å². The highest BCUT2D eigenvalue weighted by molar-refractivity contribution is 8.00. The van der Waals surface area contributed by atoms with Gasteiger partial charge in [-0.2, -0.15) is 8.57 Å². The van der Waals surface area contributed by atoms with Gasteiger partial charge in [-0.1, -0.05) is 43.2 Å². The van der Waals surface area contributed by atoms with Crippen LogP contribution in [0.3, 0.4) is 0 Å². The van der Waals surface area contributed by atoms with Gasteiger partial charge < -0.3 is 4.90 Å². The van der Waals surface area contributed by atoms with Crippen LogP contribution in [0.2, 0.25) is 0 Å². The van der Waals surface area contributed by atoms with Crippen molar-refractivity contribution >= 4 is 28.9 Å². The van der Waals surface area contributed by atoms with Crippen molar-refractivity contribution in [3.63, 3.8) is 0 Å². The summed E-state index contributed by atoms with van der Waals surface area (Å²) in [5, 5.41) is 0. The van der Waals surface area contributed by atoms with E-state index in [9.17, 15) is 4.21 Å². The highest BCUT2D eigenvalue weighted by Crippen LogP contribution is 2.46. The van der Waals surface area contributed by atoms with E-state index in [0.717, 1.165) is 0 Å². The largest absolute Gasteiger partial charge is 0.336 e. The average molecular weight is 280 g/mol. The molecule has 1 unspecified atom stereocenters. The normalized spacial score (nSPS) is 23.8. The monoisotopic (exact) mass is 280 g/mol. The van der Waals surface area contributed by atoms with Crippen molar-refractivity contribution in [2.45, 2.75) is 48.5 Å². The van der Waals surface area contributed by atoms with Gasteiger partial charge in [-0.3, -0.25) is 0 Å². The van der Waals surface area contributed by atoms with Gasteiger partial charge in [0.2, 0.25) is 11.5 Å². The maximum Gasteiger partial charge on any atom is 0.202 e. The molecule has 0 spiro atoms. The number of hydrogen-bond acceptors (Lipinski definition) is 4. The number of hydrogen-bond donors (Lipinski definition) is 0. The summed E-state index contributed by atoms with van der Waals surface area (Å²) in [5.41, 5.74) is 1.23. The molecule has 0 bridgehead atoms. The smallest absolute Gasteiger partial charge is 0.202 e. The molecule has 0 N–H and O–H groups in total. The molecule has 3 rings (SSSR count). The molecular formula is C13H16N2OS2. The van der Waals surface area contributed by atoms with E-state index in [1.54, 1.807) is 11.8 Å². The van der Waals surface area contributed by atoms with E-state index in [1.165, 1.54) is 42.7 Å². The summed E-state index contributed by atoms with van der Waals surface area (Å²) in [5.74, 6) is 0. The molecule has 1 fully saturated rings. The van der Waals surface area contributed by atoms with Crippen molar-refractivity contribution < 1.29 is 4.21 Å². The Bertz CT molecular complexity index is 482. The van der Waals surface area contributed by atoms with Gasteiger partial charge in [0.15, 0.2) is 5.50 Å². The Labute approximate surface area is 115 Å². The van der Waals surface area contributed by atoms with Gasteiger partial charge in [0.25, 0.3) is 0 Å². The van der Waals surface area contributed by atoms with Gasteiger partial charge in [0.05, 0.1) is 5.69 Å².